The maximum Gasteiger partial charge on any atom is 0.330 e. The zero-order valence-electron chi connectivity index (χ0n) is 6.24. The molecule has 0 spiro atoms. The van der Waals surface area contributed by atoms with Crippen LogP contribution in [0.5, 0.6) is 0 Å². The minimum absolute atomic E-state index is 0.0106. The largest absolute Gasteiger partial charge is 0.396 e. The van der Waals surface area contributed by atoms with E-state index in [1.54, 1.807) is 0 Å². The van der Waals surface area contributed by atoms with Crippen molar-refractivity contribution >= 4 is 7.60 Å². The second-order valence-corrected chi connectivity index (χ2v) is 4.18. The van der Waals surface area contributed by atoms with Gasteiger partial charge in [0.2, 0.25) is 0 Å². The van der Waals surface area contributed by atoms with E-state index in [0.29, 0.717) is 6.42 Å². The van der Waals surface area contributed by atoms with Gasteiger partial charge in [-0.2, -0.15) is 0 Å². The van der Waals surface area contributed by atoms with E-state index in [4.69, 9.17) is 5.11 Å². The molecule has 62 valence electrons. The number of hydrogen-bond acceptors (Lipinski definition) is 4. The lowest BCUT2D eigenvalue weighted by Gasteiger charge is -2.11. The van der Waals surface area contributed by atoms with Crippen LogP contribution in [0.3, 0.4) is 0 Å². The molecule has 0 rings (SSSR count). The molecule has 0 aliphatic heterocycles. The molecule has 0 atom stereocenters. The smallest absolute Gasteiger partial charge is 0.330 e. The third kappa shape index (κ3) is 3.32. The van der Waals surface area contributed by atoms with Crippen molar-refractivity contribution in [3.63, 3.8) is 0 Å². The number of aliphatic hydroxyl groups excluding tert-OH is 1. The van der Waals surface area contributed by atoms with Gasteiger partial charge in [0.15, 0.2) is 0 Å². The average molecular weight is 168 g/mol. The Hall–Kier alpha value is 0.110. The average Bonchev–Trinajstić information content (AvgIpc) is 2.00. The summed E-state index contributed by atoms with van der Waals surface area (Å²) in [7, 11) is -0.188. The standard InChI is InChI=1S/C5H13O4P/c1-8-10(7,9-2)5-3-4-6/h6H,3-5H2,1-2H3. The molecular formula is C5H13O4P. The van der Waals surface area contributed by atoms with Crippen LogP contribution in [-0.4, -0.2) is 32.1 Å². The third-order valence-electron chi connectivity index (χ3n) is 1.15. The minimum Gasteiger partial charge on any atom is -0.396 e. The minimum atomic E-state index is -2.86. The summed E-state index contributed by atoms with van der Waals surface area (Å²) in [5.41, 5.74) is 0. The first kappa shape index (κ1) is 10.1. The molecule has 0 aromatic heterocycles. The fourth-order valence-corrected chi connectivity index (χ4v) is 1.56. The van der Waals surface area contributed by atoms with Crippen LogP contribution < -0.4 is 0 Å². The molecule has 0 aromatic rings. The Bertz CT molecular complexity index is 117. The summed E-state index contributed by atoms with van der Waals surface area (Å²) in [4.78, 5) is 0. The van der Waals surface area contributed by atoms with Crippen molar-refractivity contribution in [1.82, 2.24) is 0 Å². The molecule has 10 heavy (non-hydrogen) atoms. The number of aliphatic hydroxyl groups is 1. The van der Waals surface area contributed by atoms with Crippen molar-refractivity contribution in [2.45, 2.75) is 6.42 Å². The molecule has 1 N–H and O–H groups in total. The maximum atomic E-state index is 11.2. The second-order valence-electron chi connectivity index (χ2n) is 1.78. The monoisotopic (exact) mass is 168 g/mol. The first-order chi connectivity index (χ1) is 4.68. The van der Waals surface area contributed by atoms with E-state index in [9.17, 15) is 4.57 Å². The van der Waals surface area contributed by atoms with Crippen LogP contribution in [0, 0.1) is 0 Å². The predicted octanol–water partition coefficient (Wildman–Crippen LogP) is 0.855. The summed E-state index contributed by atoms with van der Waals surface area (Å²) in [6, 6.07) is 0. The van der Waals surface area contributed by atoms with Gasteiger partial charge in [0, 0.05) is 20.8 Å². The van der Waals surface area contributed by atoms with Crippen molar-refractivity contribution in [3.8, 4) is 0 Å². The van der Waals surface area contributed by atoms with Gasteiger partial charge in [-0.25, -0.2) is 0 Å². The van der Waals surface area contributed by atoms with Crippen LogP contribution in [0.15, 0.2) is 0 Å². The molecule has 0 saturated heterocycles. The number of hydrogen-bond donors (Lipinski definition) is 1. The highest BCUT2D eigenvalue weighted by molar-refractivity contribution is 7.53. The highest BCUT2D eigenvalue weighted by Crippen LogP contribution is 2.46. The van der Waals surface area contributed by atoms with Gasteiger partial charge in [-0.05, 0) is 6.42 Å². The zero-order chi connectivity index (χ0) is 8.04. The molecule has 0 heterocycles. The fraction of sp³-hybridized carbons (Fsp3) is 1.00. The van der Waals surface area contributed by atoms with E-state index in [2.05, 4.69) is 9.05 Å². The zero-order valence-corrected chi connectivity index (χ0v) is 7.13. The number of rotatable bonds is 5. The van der Waals surface area contributed by atoms with E-state index in [1.165, 1.54) is 14.2 Å². The Morgan fingerprint density at radius 3 is 2.20 bits per heavy atom. The first-order valence-electron chi connectivity index (χ1n) is 3.00. The van der Waals surface area contributed by atoms with Crippen molar-refractivity contribution in [2.75, 3.05) is 27.0 Å². The summed E-state index contributed by atoms with van der Waals surface area (Å²) in [5, 5.41) is 8.39. The predicted molar refractivity (Wildman–Crippen MR) is 38.2 cm³/mol. The molecule has 0 fully saturated rings. The molecule has 0 aliphatic rings. The van der Waals surface area contributed by atoms with E-state index >= 15 is 0 Å². The molecule has 0 aliphatic carbocycles. The van der Waals surface area contributed by atoms with E-state index in [-0.39, 0.29) is 12.8 Å². The molecule has 0 amide bonds. The normalized spacial score (nSPS) is 11.9. The van der Waals surface area contributed by atoms with E-state index < -0.39 is 7.60 Å². The van der Waals surface area contributed by atoms with Gasteiger partial charge >= 0.3 is 7.60 Å². The fourth-order valence-electron chi connectivity index (χ4n) is 0.521. The van der Waals surface area contributed by atoms with E-state index in [1.807, 2.05) is 0 Å². The Kier molecular flexibility index (Phi) is 4.91. The molecule has 0 saturated carbocycles. The lowest BCUT2D eigenvalue weighted by Crippen LogP contribution is -1.96. The molecule has 0 aromatic carbocycles. The van der Waals surface area contributed by atoms with Crippen LogP contribution in [0.2, 0.25) is 0 Å². The van der Waals surface area contributed by atoms with Gasteiger partial charge < -0.3 is 14.2 Å². The van der Waals surface area contributed by atoms with Crippen LogP contribution >= 0.6 is 7.60 Å². The van der Waals surface area contributed by atoms with Gasteiger partial charge in [0.25, 0.3) is 0 Å². The van der Waals surface area contributed by atoms with Gasteiger partial charge in [-0.3, -0.25) is 4.57 Å². The summed E-state index contributed by atoms with van der Waals surface area (Å²) in [5.74, 6) is 0. The maximum absolute atomic E-state index is 11.2. The Labute approximate surface area is 60.7 Å². The second kappa shape index (κ2) is 4.85. The molecular weight excluding hydrogens is 155 g/mol. The summed E-state index contributed by atoms with van der Waals surface area (Å²) in [6.45, 7) is 0.0106. The third-order valence-corrected chi connectivity index (χ3v) is 3.12. The van der Waals surface area contributed by atoms with Crippen LogP contribution in [0.1, 0.15) is 6.42 Å². The van der Waals surface area contributed by atoms with Gasteiger partial charge in [0.05, 0.1) is 6.16 Å². The Balaban J connectivity index is 3.70. The van der Waals surface area contributed by atoms with Crippen molar-refractivity contribution in [2.24, 2.45) is 0 Å². The molecule has 0 unspecified atom stereocenters. The Morgan fingerprint density at radius 2 is 1.90 bits per heavy atom. The van der Waals surface area contributed by atoms with E-state index in [0.717, 1.165) is 0 Å². The quantitative estimate of drug-likeness (QED) is 0.618. The Morgan fingerprint density at radius 1 is 1.40 bits per heavy atom. The van der Waals surface area contributed by atoms with Crippen LogP contribution in [0.4, 0.5) is 0 Å². The molecule has 0 radical (unpaired) electrons. The lowest BCUT2D eigenvalue weighted by molar-refractivity contribution is 0.261. The molecule has 4 nitrogen and oxygen atoms in total. The van der Waals surface area contributed by atoms with Gasteiger partial charge in [0.1, 0.15) is 0 Å². The highest BCUT2D eigenvalue weighted by Gasteiger charge is 2.19. The summed E-state index contributed by atoms with van der Waals surface area (Å²) in [6.07, 6.45) is 0.718. The van der Waals surface area contributed by atoms with Crippen molar-refractivity contribution < 1.29 is 18.7 Å². The van der Waals surface area contributed by atoms with Crippen molar-refractivity contribution in [1.29, 1.82) is 0 Å². The molecule has 5 heteroatoms. The van der Waals surface area contributed by atoms with Crippen LogP contribution in [0.25, 0.3) is 0 Å². The van der Waals surface area contributed by atoms with Gasteiger partial charge in [-0.15, -0.1) is 0 Å². The lowest BCUT2D eigenvalue weighted by atomic mass is 10.5. The SMILES string of the molecule is COP(=O)(CCCO)OC. The first-order valence-corrected chi connectivity index (χ1v) is 4.72. The summed E-state index contributed by atoms with van der Waals surface area (Å²) >= 11 is 0. The topological polar surface area (TPSA) is 55.8 Å². The van der Waals surface area contributed by atoms with Gasteiger partial charge in [-0.1, -0.05) is 0 Å². The van der Waals surface area contributed by atoms with Crippen LogP contribution in [-0.2, 0) is 13.6 Å². The summed E-state index contributed by atoms with van der Waals surface area (Å²) < 4.78 is 20.4. The molecule has 0 bridgehead atoms. The van der Waals surface area contributed by atoms with Crippen molar-refractivity contribution in [3.05, 3.63) is 0 Å². The highest BCUT2D eigenvalue weighted by atomic mass is 31.2.